The van der Waals surface area contributed by atoms with Crippen molar-refractivity contribution < 1.29 is 9.53 Å². The number of rotatable bonds is 6. The lowest BCUT2D eigenvalue weighted by Gasteiger charge is -2.34. The molecule has 1 aromatic heterocycles. The molecule has 3 heterocycles. The van der Waals surface area contributed by atoms with Gasteiger partial charge in [0.1, 0.15) is 5.82 Å². The van der Waals surface area contributed by atoms with Gasteiger partial charge in [0.2, 0.25) is 0 Å². The quantitative estimate of drug-likeness (QED) is 0.736. The van der Waals surface area contributed by atoms with Gasteiger partial charge in [0, 0.05) is 45.0 Å². The first kappa shape index (κ1) is 20.8. The Bertz CT molecular complexity index is 815. The van der Waals surface area contributed by atoms with Crippen LogP contribution in [0.4, 0.5) is 5.82 Å². The summed E-state index contributed by atoms with van der Waals surface area (Å²) in [4.78, 5) is 23.9. The highest BCUT2D eigenvalue weighted by molar-refractivity contribution is 5.94. The van der Waals surface area contributed by atoms with E-state index >= 15 is 0 Å². The summed E-state index contributed by atoms with van der Waals surface area (Å²) in [5.41, 5.74) is 2.10. The van der Waals surface area contributed by atoms with E-state index in [4.69, 9.17) is 4.74 Å². The van der Waals surface area contributed by atoms with Gasteiger partial charge < -0.3 is 14.5 Å². The van der Waals surface area contributed by atoms with Crippen LogP contribution < -0.4 is 4.90 Å². The van der Waals surface area contributed by atoms with Crippen molar-refractivity contribution in [1.82, 2.24) is 14.8 Å². The van der Waals surface area contributed by atoms with Crippen molar-refractivity contribution in [2.45, 2.75) is 19.4 Å². The SMILES string of the molecule is CN(CC1CCN(Cc2ccccc2)CC1)c1cc(C(=O)N2CCOCC2)ccn1. The maximum absolute atomic E-state index is 12.8. The number of aromatic nitrogens is 1. The Balaban J connectivity index is 1.29. The van der Waals surface area contributed by atoms with E-state index in [2.05, 4.69) is 52.2 Å². The number of pyridine rings is 1. The predicted molar refractivity (Wildman–Crippen MR) is 119 cm³/mol. The monoisotopic (exact) mass is 408 g/mol. The molecule has 2 aliphatic rings. The van der Waals surface area contributed by atoms with Crippen LogP contribution in [0.2, 0.25) is 0 Å². The average Bonchev–Trinajstić information content (AvgIpc) is 2.81. The molecule has 0 atom stereocenters. The molecule has 0 spiro atoms. The summed E-state index contributed by atoms with van der Waals surface area (Å²) >= 11 is 0. The van der Waals surface area contributed by atoms with Gasteiger partial charge in [0.15, 0.2) is 0 Å². The fourth-order valence-electron chi connectivity index (χ4n) is 4.36. The Hall–Kier alpha value is -2.44. The van der Waals surface area contributed by atoms with E-state index in [1.807, 2.05) is 17.0 Å². The molecule has 1 aromatic carbocycles. The lowest BCUT2D eigenvalue weighted by atomic mass is 9.96. The number of anilines is 1. The van der Waals surface area contributed by atoms with Crippen molar-refractivity contribution >= 4 is 11.7 Å². The molecule has 4 rings (SSSR count). The van der Waals surface area contributed by atoms with Gasteiger partial charge >= 0.3 is 0 Å². The van der Waals surface area contributed by atoms with Crippen LogP contribution in [-0.4, -0.2) is 73.7 Å². The molecule has 0 aliphatic carbocycles. The molecule has 0 unspecified atom stereocenters. The van der Waals surface area contributed by atoms with Gasteiger partial charge in [-0.2, -0.15) is 0 Å². The van der Waals surface area contributed by atoms with E-state index in [0.29, 0.717) is 37.8 Å². The minimum absolute atomic E-state index is 0.0737. The summed E-state index contributed by atoms with van der Waals surface area (Å²) in [6.45, 7) is 6.84. The van der Waals surface area contributed by atoms with Crippen molar-refractivity contribution in [3.05, 3.63) is 59.8 Å². The summed E-state index contributed by atoms with van der Waals surface area (Å²) in [6.07, 6.45) is 4.15. The van der Waals surface area contributed by atoms with Crippen LogP contribution in [0, 0.1) is 5.92 Å². The lowest BCUT2D eigenvalue weighted by molar-refractivity contribution is 0.0303. The molecule has 0 bridgehead atoms. The van der Waals surface area contributed by atoms with Gasteiger partial charge in [0.25, 0.3) is 5.91 Å². The third kappa shape index (κ3) is 5.37. The number of likely N-dealkylation sites (tertiary alicyclic amines) is 1. The molecule has 30 heavy (non-hydrogen) atoms. The largest absolute Gasteiger partial charge is 0.378 e. The summed E-state index contributed by atoms with van der Waals surface area (Å²) in [7, 11) is 2.08. The predicted octanol–water partition coefficient (Wildman–Crippen LogP) is 2.90. The molecule has 6 nitrogen and oxygen atoms in total. The molecule has 0 radical (unpaired) electrons. The zero-order valence-corrected chi connectivity index (χ0v) is 17.9. The molecular weight excluding hydrogens is 376 g/mol. The second-order valence-electron chi connectivity index (χ2n) is 8.39. The van der Waals surface area contributed by atoms with Crippen molar-refractivity contribution in [1.29, 1.82) is 0 Å². The number of benzene rings is 1. The van der Waals surface area contributed by atoms with E-state index in [9.17, 15) is 4.79 Å². The van der Waals surface area contributed by atoms with Gasteiger partial charge in [0.05, 0.1) is 13.2 Å². The van der Waals surface area contributed by atoms with Crippen molar-refractivity contribution in [2.24, 2.45) is 5.92 Å². The number of nitrogens with zero attached hydrogens (tertiary/aromatic N) is 4. The normalized spacial score (nSPS) is 18.4. The van der Waals surface area contributed by atoms with Gasteiger partial charge in [-0.3, -0.25) is 9.69 Å². The molecular formula is C24H32N4O2. The number of amides is 1. The van der Waals surface area contributed by atoms with Crippen LogP contribution in [0.3, 0.4) is 0 Å². The molecule has 2 saturated heterocycles. The Kier molecular flexibility index (Phi) is 6.97. The third-order valence-corrected chi connectivity index (χ3v) is 6.17. The molecule has 0 saturated carbocycles. The molecule has 6 heteroatoms. The number of carbonyl (C=O) groups excluding carboxylic acids is 1. The van der Waals surface area contributed by atoms with Crippen molar-refractivity contribution in [2.75, 3.05) is 57.9 Å². The summed E-state index contributed by atoms with van der Waals surface area (Å²) in [6, 6.07) is 14.5. The van der Waals surface area contributed by atoms with Crippen LogP contribution in [0.1, 0.15) is 28.8 Å². The first-order valence-corrected chi connectivity index (χ1v) is 11.0. The van der Waals surface area contributed by atoms with Crippen LogP contribution in [0.5, 0.6) is 0 Å². The van der Waals surface area contributed by atoms with Crippen LogP contribution in [0.15, 0.2) is 48.7 Å². The number of hydrogen-bond donors (Lipinski definition) is 0. The molecule has 1 amide bonds. The lowest BCUT2D eigenvalue weighted by Crippen LogP contribution is -2.40. The molecule has 2 aromatic rings. The van der Waals surface area contributed by atoms with E-state index in [1.54, 1.807) is 6.20 Å². The summed E-state index contributed by atoms with van der Waals surface area (Å²) in [5.74, 6) is 1.60. The fourth-order valence-corrected chi connectivity index (χ4v) is 4.36. The highest BCUT2D eigenvalue weighted by Gasteiger charge is 2.22. The van der Waals surface area contributed by atoms with Crippen LogP contribution >= 0.6 is 0 Å². The number of ether oxygens (including phenoxy) is 1. The van der Waals surface area contributed by atoms with Crippen molar-refractivity contribution in [3.63, 3.8) is 0 Å². The Morgan fingerprint density at radius 2 is 1.83 bits per heavy atom. The standard InChI is InChI=1S/C24H32N4O2/c1-26(18-21-8-11-27(12-9-21)19-20-5-3-2-4-6-20)23-17-22(7-10-25-23)24(29)28-13-15-30-16-14-28/h2-7,10,17,21H,8-9,11-16,18-19H2,1H3. The van der Waals surface area contributed by atoms with E-state index in [0.717, 1.165) is 32.0 Å². The van der Waals surface area contributed by atoms with E-state index < -0.39 is 0 Å². The number of hydrogen-bond acceptors (Lipinski definition) is 5. The fraction of sp³-hybridized carbons (Fsp3) is 0.500. The van der Waals surface area contributed by atoms with Gasteiger partial charge in [-0.25, -0.2) is 4.98 Å². The second-order valence-corrected chi connectivity index (χ2v) is 8.39. The van der Waals surface area contributed by atoms with Crippen molar-refractivity contribution in [3.8, 4) is 0 Å². The van der Waals surface area contributed by atoms with Gasteiger partial charge in [-0.1, -0.05) is 30.3 Å². The van der Waals surface area contributed by atoms with Gasteiger partial charge in [-0.05, 0) is 49.5 Å². The first-order valence-electron chi connectivity index (χ1n) is 11.0. The second kappa shape index (κ2) is 10.0. The Labute approximate surface area is 179 Å². The smallest absolute Gasteiger partial charge is 0.254 e. The zero-order chi connectivity index (χ0) is 20.8. The number of morpholine rings is 1. The zero-order valence-electron chi connectivity index (χ0n) is 17.9. The first-order chi connectivity index (χ1) is 14.7. The Morgan fingerprint density at radius 1 is 1.10 bits per heavy atom. The van der Waals surface area contributed by atoms with Gasteiger partial charge in [-0.15, -0.1) is 0 Å². The number of piperidine rings is 1. The van der Waals surface area contributed by atoms with E-state index in [1.165, 1.54) is 18.4 Å². The summed E-state index contributed by atoms with van der Waals surface area (Å²) < 4.78 is 5.36. The molecule has 0 N–H and O–H groups in total. The van der Waals surface area contributed by atoms with E-state index in [-0.39, 0.29) is 5.91 Å². The minimum Gasteiger partial charge on any atom is -0.378 e. The number of carbonyl (C=O) groups is 1. The maximum Gasteiger partial charge on any atom is 0.254 e. The molecule has 2 aliphatic heterocycles. The van der Waals surface area contributed by atoms with Crippen LogP contribution in [0.25, 0.3) is 0 Å². The molecule has 160 valence electrons. The summed E-state index contributed by atoms with van der Waals surface area (Å²) in [5, 5.41) is 0. The Morgan fingerprint density at radius 3 is 2.57 bits per heavy atom. The molecule has 2 fully saturated rings. The maximum atomic E-state index is 12.8. The highest BCUT2D eigenvalue weighted by Crippen LogP contribution is 2.22. The highest BCUT2D eigenvalue weighted by atomic mass is 16.5. The topological polar surface area (TPSA) is 48.9 Å². The minimum atomic E-state index is 0.0737. The van der Waals surface area contributed by atoms with Crippen LogP contribution in [-0.2, 0) is 11.3 Å². The average molecular weight is 409 g/mol. The third-order valence-electron chi connectivity index (χ3n) is 6.17.